The lowest BCUT2D eigenvalue weighted by molar-refractivity contribution is 0.249. The first kappa shape index (κ1) is 12.4. The van der Waals surface area contributed by atoms with E-state index in [0.29, 0.717) is 0 Å². The summed E-state index contributed by atoms with van der Waals surface area (Å²) in [5.74, 6) is 0. The number of hydrazone groups is 1. The molecule has 0 spiro atoms. The highest BCUT2D eigenvalue weighted by atomic mass is 32.1. The number of nitrogens with two attached hydrogens (primary N) is 1. The molecule has 0 atom stereocenters. The molecule has 0 saturated carbocycles. The molecule has 2 amide bonds. The van der Waals surface area contributed by atoms with Crippen molar-refractivity contribution in [3.8, 4) is 11.3 Å². The lowest BCUT2D eigenvalue weighted by Crippen LogP contribution is -2.24. The van der Waals surface area contributed by atoms with E-state index in [2.05, 4.69) is 15.5 Å². The number of amides is 2. The average molecular weight is 285 g/mol. The van der Waals surface area contributed by atoms with Crippen molar-refractivity contribution in [2.45, 2.75) is 0 Å². The van der Waals surface area contributed by atoms with E-state index in [1.807, 2.05) is 46.3 Å². The topological polar surface area (TPSA) is 84.8 Å². The van der Waals surface area contributed by atoms with Crippen LogP contribution in [0.5, 0.6) is 0 Å². The van der Waals surface area contributed by atoms with Crippen LogP contribution in [0.15, 0.2) is 47.0 Å². The van der Waals surface area contributed by atoms with Gasteiger partial charge in [-0.15, -0.1) is 11.3 Å². The third-order valence-electron chi connectivity index (χ3n) is 2.71. The van der Waals surface area contributed by atoms with E-state index in [-0.39, 0.29) is 0 Å². The number of thiazole rings is 1. The van der Waals surface area contributed by atoms with Crippen LogP contribution >= 0.6 is 11.3 Å². The molecular formula is C13H11N5OS. The molecule has 3 aromatic rings. The molecule has 0 bridgehead atoms. The van der Waals surface area contributed by atoms with Gasteiger partial charge in [-0.2, -0.15) is 5.10 Å². The molecule has 100 valence electrons. The van der Waals surface area contributed by atoms with E-state index in [9.17, 15) is 4.79 Å². The van der Waals surface area contributed by atoms with Crippen LogP contribution in [0.1, 0.15) is 5.69 Å². The Morgan fingerprint density at radius 3 is 2.95 bits per heavy atom. The Kier molecular flexibility index (Phi) is 3.18. The number of hydrogen-bond donors (Lipinski definition) is 2. The van der Waals surface area contributed by atoms with E-state index in [1.165, 1.54) is 11.3 Å². The SMILES string of the molecule is NC(=O)NN=Cc1c(-c2ccccc2)nc2sccn12. The minimum Gasteiger partial charge on any atom is -0.350 e. The number of nitrogens with one attached hydrogen (secondary N) is 1. The normalized spacial score (nSPS) is 11.2. The number of urea groups is 1. The molecule has 0 aliphatic heterocycles. The third kappa shape index (κ3) is 2.26. The van der Waals surface area contributed by atoms with Gasteiger partial charge in [0.2, 0.25) is 0 Å². The molecule has 0 fully saturated rings. The van der Waals surface area contributed by atoms with Crippen LogP contribution in [0.4, 0.5) is 4.79 Å². The first-order valence-electron chi connectivity index (χ1n) is 5.85. The van der Waals surface area contributed by atoms with Gasteiger partial charge in [-0.3, -0.25) is 4.40 Å². The van der Waals surface area contributed by atoms with Crippen LogP contribution in [0.3, 0.4) is 0 Å². The van der Waals surface area contributed by atoms with Crippen molar-refractivity contribution >= 4 is 28.5 Å². The maximum atomic E-state index is 10.7. The number of fused-ring (bicyclic) bond motifs is 1. The molecule has 0 aliphatic rings. The number of carbonyl (C=O) groups is 1. The van der Waals surface area contributed by atoms with Crippen molar-refractivity contribution in [1.29, 1.82) is 0 Å². The smallest absolute Gasteiger partial charge is 0.332 e. The first-order chi connectivity index (χ1) is 9.75. The van der Waals surface area contributed by atoms with Crippen LogP contribution in [-0.2, 0) is 0 Å². The van der Waals surface area contributed by atoms with E-state index < -0.39 is 6.03 Å². The largest absolute Gasteiger partial charge is 0.350 e. The Balaban J connectivity index is 2.10. The highest BCUT2D eigenvalue weighted by Gasteiger charge is 2.12. The third-order valence-corrected chi connectivity index (χ3v) is 3.46. The highest BCUT2D eigenvalue weighted by Crippen LogP contribution is 2.25. The second kappa shape index (κ2) is 5.14. The van der Waals surface area contributed by atoms with Gasteiger partial charge in [0.05, 0.1) is 17.6 Å². The maximum Gasteiger partial charge on any atom is 0.332 e. The van der Waals surface area contributed by atoms with Crippen molar-refractivity contribution < 1.29 is 4.79 Å². The van der Waals surface area contributed by atoms with Crippen molar-refractivity contribution in [3.63, 3.8) is 0 Å². The molecule has 2 heterocycles. The zero-order chi connectivity index (χ0) is 13.9. The van der Waals surface area contributed by atoms with Gasteiger partial charge in [0, 0.05) is 17.1 Å². The van der Waals surface area contributed by atoms with Gasteiger partial charge in [0.1, 0.15) is 0 Å². The molecule has 2 aromatic heterocycles. The fourth-order valence-electron chi connectivity index (χ4n) is 1.89. The van der Waals surface area contributed by atoms with Gasteiger partial charge in [0.15, 0.2) is 4.96 Å². The summed E-state index contributed by atoms with van der Waals surface area (Å²) in [6, 6.07) is 9.10. The maximum absolute atomic E-state index is 10.7. The minimum atomic E-state index is -0.700. The van der Waals surface area contributed by atoms with Crippen LogP contribution in [-0.4, -0.2) is 21.6 Å². The number of imidazole rings is 1. The Labute approximate surface area is 118 Å². The quantitative estimate of drug-likeness (QED) is 0.570. The molecular weight excluding hydrogens is 274 g/mol. The Morgan fingerprint density at radius 1 is 1.40 bits per heavy atom. The number of primary amides is 1. The van der Waals surface area contributed by atoms with Crippen molar-refractivity contribution in [3.05, 3.63) is 47.6 Å². The number of benzene rings is 1. The summed E-state index contributed by atoms with van der Waals surface area (Å²) in [4.78, 5) is 16.1. The number of rotatable bonds is 3. The predicted octanol–water partition coefficient (Wildman–Crippen LogP) is 2.07. The summed E-state index contributed by atoms with van der Waals surface area (Å²) in [6.45, 7) is 0. The summed E-state index contributed by atoms with van der Waals surface area (Å²) < 4.78 is 1.92. The van der Waals surface area contributed by atoms with Gasteiger partial charge in [-0.05, 0) is 0 Å². The van der Waals surface area contributed by atoms with Crippen LogP contribution < -0.4 is 11.2 Å². The van der Waals surface area contributed by atoms with E-state index in [4.69, 9.17) is 5.73 Å². The molecule has 7 heteroatoms. The second-order valence-corrected chi connectivity index (χ2v) is 4.87. The number of aromatic nitrogens is 2. The summed E-state index contributed by atoms with van der Waals surface area (Å²) in [5.41, 5.74) is 9.77. The number of carbonyl (C=O) groups excluding carboxylic acids is 1. The first-order valence-corrected chi connectivity index (χ1v) is 6.73. The van der Waals surface area contributed by atoms with Gasteiger partial charge < -0.3 is 5.73 Å². The minimum absolute atomic E-state index is 0.700. The monoisotopic (exact) mass is 285 g/mol. The molecule has 0 aliphatic carbocycles. The zero-order valence-electron chi connectivity index (χ0n) is 10.4. The molecule has 0 radical (unpaired) electrons. The van der Waals surface area contributed by atoms with Gasteiger partial charge in [-0.1, -0.05) is 30.3 Å². The van der Waals surface area contributed by atoms with E-state index >= 15 is 0 Å². The van der Waals surface area contributed by atoms with Gasteiger partial charge in [-0.25, -0.2) is 15.2 Å². The molecule has 3 rings (SSSR count). The average Bonchev–Trinajstić information content (AvgIpc) is 3.01. The Bertz CT molecular complexity index is 775. The van der Waals surface area contributed by atoms with Crippen LogP contribution in [0.25, 0.3) is 16.2 Å². The molecule has 6 nitrogen and oxygen atoms in total. The Hall–Kier alpha value is -2.67. The molecule has 0 unspecified atom stereocenters. The van der Waals surface area contributed by atoms with Crippen molar-refractivity contribution in [2.75, 3.05) is 0 Å². The fraction of sp³-hybridized carbons (Fsp3) is 0. The fourth-order valence-corrected chi connectivity index (χ4v) is 2.61. The van der Waals surface area contributed by atoms with Crippen molar-refractivity contribution in [1.82, 2.24) is 14.8 Å². The van der Waals surface area contributed by atoms with Crippen LogP contribution in [0.2, 0.25) is 0 Å². The molecule has 1 aromatic carbocycles. The number of nitrogens with zero attached hydrogens (tertiary/aromatic N) is 3. The standard InChI is InChI=1S/C13H11N5OS/c14-12(19)17-15-8-10-11(9-4-2-1-3-5-9)16-13-18(10)6-7-20-13/h1-8H,(H3,14,17,19). The highest BCUT2D eigenvalue weighted by molar-refractivity contribution is 7.15. The Morgan fingerprint density at radius 2 is 2.20 bits per heavy atom. The lowest BCUT2D eigenvalue weighted by atomic mass is 10.1. The zero-order valence-corrected chi connectivity index (χ0v) is 11.2. The number of hydrogen-bond acceptors (Lipinski definition) is 4. The van der Waals surface area contributed by atoms with Crippen molar-refractivity contribution in [2.24, 2.45) is 10.8 Å². The summed E-state index contributed by atoms with van der Waals surface area (Å²) in [7, 11) is 0. The van der Waals surface area contributed by atoms with Gasteiger partial charge in [0.25, 0.3) is 0 Å². The summed E-state index contributed by atoms with van der Waals surface area (Å²) in [5, 5.41) is 5.76. The molecule has 3 N–H and O–H groups in total. The predicted molar refractivity (Wildman–Crippen MR) is 78.8 cm³/mol. The second-order valence-electron chi connectivity index (χ2n) is 4.00. The van der Waals surface area contributed by atoms with Crippen LogP contribution in [0, 0.1) is 0 Å². The van der Waals surface area contributed by atoms with Gasteiger partial charge >= 0.3 is 6.03 Å². The molecule has 0 saturated heterocycles. The summed E-state index contributed by atoms with van der Waals surface area (Å²) >= 11 is 1.53. The summed E-state index contributed by atoms with van der Waals surface area (Å²) in [6.07, 6.45) is 3.45. The van der Waals surface area contributed by atoms with E-state index in [1.54, 1.807) is 6.21 Å². The van der Waals surface area contributed by atoms with E-state index in [0.717, 1.165) is 21.9 Å². The lowest BCUT2D eigenvalue weighted by Gasteiger charge is -1.99. The molecule has 20 heavy (non-hydrogen) atoms.